The number of allylic oxidation sites excluding steroid dienone is 2. The van der Waals surface area contributed by atoms with Crippen molar-refractivity contribution in [2.24, 2.45) is 16.8 Å². The van der Waals surface area contributed by atoms with E-state index in [1.807, 2.05) is 12.2 Å². The van der Waals surface area contributed by atoms with E-state index in [4.69, 9.17) is 0 Å². The summed E-state index contributed by atoms with van der Waals surface area (Å²) in [7, 11) is 0. The van der Waals surface area contributed by atoms with Gasteiger partial charge in [-0.05, 0) is 6.42 Å². The molecule has 0 spiro atoms. The van der Waals surface area contributed by atoms with Crippen LogP contribution in [0.4, 0.5) is 4.79 Å². The van der Waals surface area contributed by atoms with Crippen molar-refractivity contribution in [2.45, 2.75) is 24.9 Å². The second-order valence-corrected chi connectivity index (χ2v) is 5.02. The molecule has 0 fully saturated rings. The highest BCUT2D eigenvalue weighted by atomic mass is 16.4. The smallest absolute Gasteiger partial charge is 0.411 e. The molecule has 0 aromatic heterocycles. The number of hydrogen-bond donors (Lipinski definition) is 2. The van der Waals surface area contributed by atoms with Gasteiger partial charge in [0.2, 0.25) is 0 Å². The molecule has 0 saturated carbocycles. The van der Waals surface area contributed by atoms with Crippen LogP contribution in [0.1, 0.15) is 12.8 Å². The Morgan fingerprint density at radius 1 is 1.32 bits per heavy atom. The largest absolute Gasteiger partial charge is 0.480 e. The summed E-state index contributed by atoms with van der Waals surface area (Å²) in [4.78, 5) is 28.2. The van der Waals surface area contributed by atoms with Crippen LogP contribution in [-0.2, 0) is 4.79 Å². The van der Waals surface area contributed by atoms with Crippen molar-refractivity contribution in [3.05, 3.63) is 24.4 Å². The van der Waals surface area contributed by atoms with Gasteiger partial charge in [-0.25, -0.2) is 9.59 Å². The minimum Gasteiger partial charge on any atom is -0.480 e. The van der Waals surface area contributed by atoms with Crippen molar-refractivity contribution in [1.29, 1.82) is 0 Å². The van der Waals surface area contributed by atoms with Crippen LogP contribution >= 0.6 is 0 Å². The first kappa shape index (κ1) is 12.0. The van der Waals surface area contributed by atoms with E-state index in [2.05, 4.69) is 4.99 Å². The standard InChI is InChI=1S/C13H14N2O4/c16-12(17)10-8-5-6-15(13(18)19)11(8)7-3-1-2-4-9(7)14-10/h1-2,5-8,10-11H,3-4H2,(H,16,17)(H,18,19). The van der Waals surface area contributed by atoms with Crippen molar-refractivity contribution >= 4 is 17.8 Å². The van der Waals surface area contributed by atoms with Crippen LogP contribution < -0.4 is 0 Å². The Bertz CT molecular complexity index is 521. The van der Waals surface area contributed by atoms with Crippen LogP contribution in [0.25, 0.3) is 0 Å². The molecule has 0 aromatic rings. The first-order valence-corrected chi connectivity index (χ1v) is 6.23. The molecular formula is C13H14N2O4. The van der Waals surface area contributed by atoms with Crippen molar-refractivity contribution in [3.63, 3.8) is 0 Å². The zero-order valence-corrected chi connectivity index (χ0v) is 10.1. The average Bonchev–Trinajstić information content (AvgIpc) is 2.82. The molecule has 0 bridgehead atoms. The van der Waals surface area contributed by atoms with Crippen LogP contribution in [0, 0.1) is 11.8 Å². The van der Waals surface area contributed by atoms with E-state index >= 15 is 0 Å². The van der Waals surface area contributed by atoms with Gasteiger partial charge in [-0.3, -0.25) is 9.89 Å². The molecule has 19 heavy (non-hydrogen) atoms. The summed E-state index contributed by atoms with van der Waals surface area (Å²) in [6.07, 6.45) is 7.41. The molecular weight excluding hydrogens is 248 g/mol. The minimum absolute atomic E-state index is 0.00306. The van der Waals surface area contributed by atoms with Gasteiger partial charge in [0.25, 0.3) is 0 Å². The number of aliphatic imine (C=N–C) groups is 1. The molecule has 4 unspecified atom stereocenters. The number of fused-ring (bicyclic) bond motifs is 3. The van der Waals surface area contributed by atoms with Crippen molar-refractivity contribution in [3.8, 4) is 0 Å². The Kier molecular flexibility index (Phi) is 2.66. The lowest BCUT2D eigenvalue weighted by Gasteiger charge is -2.40. The number of aliphatic carboxylic acids is 1. The highest BCUT2D eigenvalue weighted by Gasteiger charge is 2.49. The highest BCUT2D eigenvalue weighted by molar-refractivity contribution is 5.94. The maximum atomic E-state index is 11.3. The lowest BCUT2D eigenvalue weighted by atomic mass is 9.75. The van der Waals surface area contributed by atoms with Gasteiger partial charge in [0.15, 0.2) is 6.04 Å². The quantitative estimate of drug-likeness (QED) is 0.698. The van der Waals surface area contributed by atoms with Crippen molar-refractivity contribution < 1.29 is 19.8 Å². The Balaban J connectivity index is 2.03. The molecule has 4 atom stereocenters. The fraction of sp³-hybridized carbons (Fsp3) is 0.462. The first-order valence-electron chi connectivity index (χ1n) is 6.23. The average molecular weight is 262 g/mol. The monoisotopic (exact) mass is 262 g/mol. The van der Waals surface area contributed by atoms with E-state index in [-0.39, 0.29) is 17.9 Å². The van der Waals surface area contributed by atoms with Crippen LogP contribution in [0.15, 0.2) is 29.4 Å². The topological polar surface area (TPSA) is 90.2 Å². The van der Waals surface area contributed by atoms with E-state index in [1.54, 1.807) is 6.08 Å². The molecule has 2 heterocycles. The van der Waals surface area contributed by atoms with Crippen LogP contribution in [0.3, 0.4) is 0 Å². The van der Waals surface area contributed by atoms with E-state index in [9.17, 15) is 19.8 Å². The zero-order chi connectivity index (χ0) is 13.6. The predicted octanol–water partition coefficient (Wildman–Crippen LogP) is 1.35. The van der Waals surface area contributed by atoms with Gasteiger partial charge in [-0.15, -0.1) is 0 Å². The first-order chi connectivity index (χ1) is 9.09. The zero-order valence-electron chi connectivity index (χ0n) is 10.1. The normalized spacial score (nSPS) is 35.6. The summed E-state index contributed by atoms with van der Waals surface area (Å²) in [5.41, 5.74) is 0.811. The lowest BCUT2D eigenvalue weighted by Crippen LogP contribution is -2.52. The van der Waals surface area contributed by atoms with E-state index in [0.717, 1.165) is 12.1 Å². The van der Waals surface area contributed by atoms with Gasteiger partial charge in [-0.1, -0.05) is 18.2 Å². The summed E-state index contributed by atoms with van der Waals surface area (Å²) in [6.45, 7) is 0. The third kappa shape index (κ3) is 1.75. The van der Waals surface area contributed by atoms with Gasteiger partial charge in [-0.2, -0.15) is 0 Å². The van der Waals surface area contributed by atoms with E-state index in [0.29, 0.717) is 6.42 Å². The highest BCUT2D eigenvalue weighted by Crippen LogP contribution is 2.39. The molecule has 1 aliphatic carbocycles. The Morgan fingerprint density at radius 3 is 2.79 bits per heavy atom. The van der Waals surface area contributed by atoms with Gasteiger partial charge in [0.1, 0.15) is 0 Å². The molecule has 2 N–H and O–H groups in total. The Morgan fingerprint density at radius 2 is 2.11 bits per heavy atom. The molecule has 3 aliphatic rings. The van der Waals surface area contributed by atoms with Gasteiger partial charge in [0.05, 0.1) is 6.04 Å². The third-order valence-electron chi connectivity index (χ3n) is 4.05. The maximum absolute atomic E-state index is 11.3. The SMILES string of the molecule is O=C(O)C1N=C2CC=CCC2C2C1C=CN2C(=O)O. The fourth-order valence-electron chi connectivity index (χ4n) is 3.24. The molecule has 6 nitrogen and oxygen atoms in total. The summed E-state index contributed by atoms with van der Waals surface area (Å²) >= 11 is 0. The maximum Gasteiger partial charge on any atom is 0.411 e. The second-order valence-electron chi connectivity index (χ2n) is 5.02. The molecule has 0 radical (unpaired) electrons. The van der Waals surface area contributed by atoms with Crippen LogP contribution in [-0.4, -0.2) is 45.0 Å². The summed E-state index contributed by atoms with van der Waals surface area (Å²) in [5, 5.41) is 18.5. The molecule has 0 saturated heterocycles. The number of carboxylic acids is 1. The van der Waals surface area contributed by atoms with Gasteiger partial charge < -0.3 is 10.2 Å². The molecule has 3 rings (SSSR count). The number of rotatable bonds is 1. The number of amides is 1. The summed E-state index contributed by atoms with van der Waals surface area (Å²) in [6, 6.07) is -1.21. The van der Waals surface area contributed by atoms with E-state index in [1.165, 1.54) is 11.1 Å². The van der Waals surface area contributed by atoms with Crippen LogP contribution in [0.2, 0.25) is 0 Å². The lowest BCUT2D eigenvalue weighted by molar-refractivity contribution is -0.140. The Hall–Kier alpha value is -2.11. The van der Waals surface area contributed by atoms with Gasteiger partial charge >= 0.3 is 12.1 Å². The molecule has 1 amide bonds. The Labute approximate surface area is 109 Å². The minimum atomic E-state index is -1.04. The number of nitrogens with zero attached hydrogens (tertiary/aromatic N) is 2. The molecule has 2 aliphatic heterocycles. The number of hydrogen-bond acceptors (Lipinski definition) is 3. The third-order valence-corrected chi connectivity index (χ3v) is 4.05. The summed E-state index contributed by atoms with van der Waals surface area (Å²) < 4.78 is 0. The predicted molar refractivity (Wildman–Crippen MR) is 67.0 cm³/mol. The number of carboxylic acid groups (broad SMARTS) is 2. The molecule has 6 heteroatoms. The van der Waals surface area contributed by atoms with Crippen molar-refractivity contribution in [2.75, 3.05) is 0 Å². The number of carbonyl (C=O) groups is 2. The fourth-order valence-corrected chi connectivity index (χ4v) is 3.24. The second kappa shape index (κ2) is 4.22. The summed E-state index contributed by atoms with van der Waals surface area (Å²) in [5.74, 6) is -1.36. The van der Waals surface area contributed by atoms with Gasteiger partial charge in [0, 0.05) is 30.2 Å². The molecule has 0 aromatic carbocycles. The molecule has 100 valence electrons. The van der Waals surface area contributed by atoms with E-state index < -0.39 is 18.1 Å². The van der Waals surface area contributed by atoms with Crippen LogP contribution in [0.5, 0.6) is 0 Å². The van der Waals surface area contributed by atoms with Crippen molar-refractivity contribution in [1.82, 2.24) is 4.90 Å².